The molecule has 0 bridgehead atoms. The van der Waals surface area contributed by atoms with E-state index in [1.807, 2.05) is 73.7 Å². The number of fused-ring (bicyclic) bond motifs is 1. The first-order valence-electron chi connectivity index (χ1n) is 13.6. The van der Waals surface area contributed by atoms with Crippen LogP contribution in [0.4, 0.5) is 4.39 Å². The van der Waals surface area contributed by atoms with Crippen LogP contribution in [-0.4, -0.2) is 40.6 Å². The van der Waals surface area contributed by atoms with Crippen molar-refractivity contribution in [2.45, 2.75) is 37.7 Å². The van der Waals surface area contributed by atoms with Crippen LogP contribution >= 0.6 is 11.6 Å². The molecule has 1 aliphatic heterocycles. The Hall–Kier alpha value is -4.16. The quantitative estimate of drug-likeness (QED) is 0.219. The summed E-state index contributed by atoms with van der Waals surface area (Å²) in [5.74, 6) is -1.12. The number of benzene rings is 4. The minimum atomic E-state index is -0.962. The lowest BCUT2D eigenvalue weighted by Crippen LogP contribution is -2.36. The van der Waals surface area contributed by atoms with Crippen LogP contribution in [0.1, 0.15) is 51.9 Å². The van der Waals surface area contributed by atoms with E-state index < -0.39 is 17.4 Å². The lowest BCUT2D eigenvalue weighted by molar-refractivity contribution is -0.137. The van der Waals surface area contributed by atoms with E-state index in [-0.39, 0.29) is 29.8 Å². The highest BCUT2D eigenvalue weighted by Crippen LogP contribution is 2.38. The molecular formula is C34H31ClFNO4. The predicted molar refractivity (Wildman–Crippen MR) is 157 cm³/mol. The van der Waals surface area contributed by atoms with Gasteiger partial charge in [0.25, 0.3) is 5.91 Å². The number of rotatable bonds is 10. The van der Waals surface area contributed by atoms with Crippen molar-refractivity contribution in [2.24, 2.45) is 0 Å². The Labute approximate surface area is 244 Å². The Balaban J connectivity index is 1.39. The van der Waals surface area contributed by atoms with E-state index in [9.17, 15) is 19.1 Å². The van der Waals surface area contributed by atoms with Crippen molar-refractivity contribution in [3.05, 3.63) is 136 Å². The van der Waals surface area contributed by atoms with Crippen LogP contribution in [0.5, 0.6) is 5.75 Å². The monoisotopic (exact) mass is 571 g/mol. The van der Waals surface area contributed by atoms with Crippen molar-refractivity contribution in [3.8, 4) is 5.75 Å². The van der Waals surface area contributed by atoms with Crippen molar-refractivity contribution in [3.63, 3.8) is 0 Å². The maximum Gasteiger partial charge on any atom is 0.305 e. The molecule has 0 aromatic heterocycles. The molecule has 0 aliphatic carbocycles. The molecule has 1 atom stereocenters. The number of aliphatic carboxylic acids is 1. The molecule has 0 unspecified atom stereocenters. The summed E-state index contributed by atoms with van der Waals surface area (Å²) < 4.78 is 20.3. The first-order valence-corrected chi connectivity index (χ1v) is 14.0. The van der Waals surface area contributed by atoms with Crippen LogP contribution in [0.15, 0.2) is 97.1 Å². The fraction of sp³-hybridized carbons (Fsp3) is 0.235. The number of carboxylic acids is 1. The zero-order valence-electron chi connectivity index (χ0n) is 22.7. The molecule has 4 aromatic carbocycles. The van der Waals surface area contributed by atoms with Crippen molar-refractivity contribution < 1.29 is 23.8 Å². The predicted octanol–water partition coefficient (Wildman–Crippen LogP) is 7.16. The van der Waals surface area contributed by atoms with Gasteiger partial charge in [-0.05, 0) is 59.5 Å². The second-order valence-corrected chi connectivity index (χ2v) is 11.2. The van der Waals surface area contributed by atoms with Crippen molar-refractivity contribution in [2.75, 3.05) is 13.1 Å². The Morgan fingerprint density at radius 2 is 1.63 bits per heavy atom. The van der Waals surface area contributed by atoms with E-state index in [1.165, 1.54) is 12.1 Å². The Bertz CT molecular complexity index is 1510. The largest absolute Gasteiger partial charge is 0.487 e. The lowest BCUT2D eigenvalue weighted by atomic mass is 9.90. The summed E-state index contributed by atoms with van der Waals surface area (Å²) in [6, 6.07) is 29.9. The number of carbonyl (C=O) groups excluding carboxylic acids is 1. The molecule has 0 fully saturated rings. The average Bonchev–Trinajstić information content (AvgIpc) is 3.30. The van der Waals surface area contributed by atoms with E-state index in [2.05, 4.69) is 0 Å². The standard InChI is InChI=1S/C34H31ClFNO4/c1-34(20-23-12-14-29(35)30(36)18-23)21-27-19-26(13-15-31(27)41-34)33(40)37(17-16-32(38)39)22-28(24-8-4-2-5-9-24)25-10-6-3-7-11-25/h2-15,18-19,28H,16-17,20-22H2,1H3,(H,38,39)/t34-/m1/s1. The molecule has 5 nitrogen and oxygen atoms in total. The molecule has 7 heteroatoms. The van der Waals surface area contributed by atoms with Gasteiger partial charge in [-0.15, -0.1) is 0 Å². The number of amides is 1. The SMILES string of the molecule is C[C@@]1(Cc2ccc(Cl)c(F)c2)Cc2cc(C(=O)N(CCC(=O)O)CC(c3ccccc3)c3ccccc3)ccc2O1. The zero-order chi connectivity index (χ0) is 29.0. The second-order valence-electron chi connectivity index (χ2n) is 10.7. The minimum Gasteiger partial charge on any atom is -0.487 e. The molecule has 1 heterocycles. The van der Waals surface area contributed by atoms with Crippen molar-refractivity contribution in [1.82, 2.24) is 4.90 Å². The van der Waals surface area contributed by atoms with Gasteiger partial charge in [0, 0.05) is 37.4 Å². The van der Waals surface area contributed by atoms with Crippen molar-refractivity contribution >= 4 is 23.5 Å². The average molecular weight is 572 g/mol. The van der Waals surface area contributed by atoms with E-state index in [1.54, 1.807) is 23.1 Å². The number of carboxylic acid groups (broad SMARTS) is 1. The van der Waals surface area contributed by atoms with Crippen molar-refractivity contribution in [1.29, 1.82) is 0 Å². The van der Waals surface area contributed by atoms with Gasteiger partial charge in [0.15, 0.2) is 0 Å². The third kappa shape index (κ3) is 6.77. The van der Waals surface area contributed by atoms with Gasteiger partial charge < -0.3 is 14.7 Å². The zero-order valence-corrected chi connectivity index (χ0v) is 23.5. The molecule has 1 N–H and O–H groups in total. The number of hydrogen-bond donors (Lipinski definition) is 1. The highest BCUT2D eigenvalue weighted by Gasteiger charge is 2.36. The summed E-state index contributed by atoms with van der Waals surface area (Å²) in [6.07, 6.45) is 0.852. The summed E-state index contributed by atoms with van der Waals surface area (Å²) in [6.45, 7) is 2.37. The Kier molecular flexibility index (Phi) is 8.41. The first-order chi connectivity index (χ1) is 19.7. The van der Waals surface area contributed by atoms with Crippen LogP contribution in [0.3, 0.4) is 0 Å². The molecule has 1 amide bonds. The van der Waals surface area contributed by atoms with E-state index in [0.717, 1.165) is 22.3 Å². The fourth-order valence-corrected chi connectivity index (χ4v) is 5.64. The van der Waals surface area contributed by atoms with Crippen LogP contribution < -0.4 is 4.74 Å². The Morgan fingerprint density at radius 3 is 2.24 bits per heavy atom. The van der Waals surface area contributed by atoms with Crippen LogP contribution in [0, 0.1) is 5.82 Å². The molecule has 0 saturated heterocycles. The topological polar surface area (TPSA) is 66.8 Å². The summed E-state index contributed by atoms with van der Waals surface area (Å²) in [7, 11) is 0. The van der Waals surface area contributed by atoms with Gasteiger partial charge >= 0.3 is 5.97 Å². The third-order valence-electron chi connectivity index (χ3n) is 7.48. The van der Waals surface area contributed by atoms with Crippen LogP contribution in [0.2, 0.25) is 5.02 Å². The Morgan fingerprint density at radius 1 is 0.976 bits per heavy atom. The molecule has 5 rings (SSSR count). The lowest BCUT2D eigenvalue weighted by Gasteiger charge is -2.28. The molecular weight excluding hydrogens is 541 g/mol. The van der Waals surface area contributed by atoms with E-state index in [0.29, 0.717) is 30.7 Å². The molecule has 1 aliphatic rings. The van der Waals surface area contributed by atoms with Crippen LogP contribution in [0.25, 0.3) is 0 Å². The second kappa shape index (κ2) is 12.1. The summed E-state index contributed by atoms with van der Waals surface area (Å²) in [4.78, 5) is 27.1. The van der Waals surface area contributed by atoms with E-state index >= 15 is 0 Å². The van der Waals surface area contributed by atoms with Gasteiger partial charge in [-0.25, -0.2) is 4.39 Å². The third-order valence-corrected chi connectivity index (χ3v) is 7.79. The highest BCUT2D eigenvalue weighted by atomic mass is 35.5. The fourth-order valence-electron chi connectivity index (χ4n) is 5.52. The first kappa shape index (κ1) is 28.4. The number of hydrogen-bond acceptors (Lipinski definition) is 3. The number of ether oxygens (including phenoxy) is 1. The maximum atomic E-state index is 14.0. The number of halogens is 2. The smallest absolute Gasteiger partial charge is 0.305 e. The molecule has 4 aromatic rings. The summed E-state index contributed by atoms with van der Waals surface area (Å²) in [5.41, 5.74) is 3.60. The normalized spacial score (nSPS) is 15.8. The van der Waals surface area contributed by atoms with Gasteiger partial charge in [0.05, 0.1) is 11.4 Å². The summed E-state index contributed by atoms with van der Waals surface area (Å²) in [5, 5.41) is 9.51. The minimum absolute atomic E-state index is 0.0758. The van der Waals surface area contributed by atoms with Gasteiger partial charge in [-0.2, -0.15) is 0 Å². The van der Waals surface area contributed by atoms with Gasteiger partial charge in [-0.3, -0.25) is 9.59 Å². The van der Waals surface area contributed by atoms with Crippen LogP contribution in [-0.2, 0) is 17.6 Å². The van der Waals surface area contributed by atoms with Gasteiger partial charge in [-0.1, -0.05) is 78.3 Å². The van der Waals surface area contributed by atoms with Gasteiger partial charge in [0.1, 0.15) is 17.2 Å². The number of nitrogens with zero attached hydrogens (tertiary/aromatic N) is 1. The number of carbonyl (C=O) groups is 2. The van der Waals surface area contributed by atoms with Gasteiger partial charge in [0.2, 0.25) is 0 Å². The highest BCUT2D eigenvalue weighted by molar-refractivity contribution is 6.30. The maximum absolute atomic E-state index is 14.0. The van der Waals surface area contributed by atoms with E-state index in [4.69, 9.17) is 16.3 Å². The molecule has 210 valence electrons. The molecule has 0 radical (unpaired) electrons. The molecule has 41 heavy (non-hydrogen) atoms. The molecule has 0 saturated carbocycles. The summed E-state index contributed by atoms with van der Waals surface area (Å²) >= 11 is 5.84. The molecule has 0 spiro atoms.